The lowest BCUT2D eigenvalue weighted by atomic mass is 10.1. The Kier molecular flexibility index (Phi) is 7.39. The topological polar surface area (TPSA) is 119 Å². The molecule has 0 atom stereocenters. The summed E-state index contributed by atoms with van der Waals surface area (Å²) >= 11 is 0. The smallest absolute Gasteiger partial charge is 0.264 e. The Balaban J connectivity index is 1.21. The summed E-state index contributed by atoms with van der Waals surface area (Å²) in [6.45, 7) is 4.07. The molecule has 11 heteroatoms. The van der Waals surface area contributed by atoms with Crippen LogP contribution in [0.3, 0.4) is 0 Å². The second-order valence-electron chi connectivity index (χ2n) is 9.45. The number of nitrogens with zero attached hydrogens (tertiary/aromatic N) is 5. The van der Waals surface area contributed by atoms with Gasteiger partial charge in [0.15, 0.2) is 5.65 Å². The second kappa shape index (κ2) is 10.9. The fourth-order valence-electron chi connectivity index (χ4n) is 4.65. The molecule has 2 aromatic heterocycles. The molecular weight excluding hydrogens is 504 g/mol. The van der Waals surface area contributed by atoms with Gasteiger partial charge in [-0.05, 0) is 55.2 Å². The molecule has 1 aliphatic heterocycles. The molecule has 1 aliphatic rings. The minimum atomic E-state index is -3.54. The van der Waals surface area contributed by atoms with E-state index in [0.717, 1.165) is 30.4 Å². The molecule has 0 saturated carbocycles. The number of aryl methyl sites for hydroxylation is 1. The van der Waals surface area contributed by atoms with E-state index in [1.807, 2.05) is 31.2 Å². The average molecular weight is 535 g/mol. The summed E-state index contributed by atoms with van der Waals surface area (Å²) in [4.78, 5) is 30.2. The number of amides is 1. The van der Waals surface area contributed by atoms with E-state index in [-0.39, 0.29) is 22.9 Å². The predicted octanol–water partition coefficient (Wildman–Crippen LogP) is 2.55. The van der Waals surface area contributed by atoms with E-state index in [2.05, 4.69) is 15.4 Å². The highest BCUT2D eigenvalue weighted by molar-refractivity contribution is 7.89. The third-order valence-electron chi connectivity index (χ3n) is 6.90. The maximum atomic E-state index is 13.0. The molecule has 0 radical (unpaired) electrons. The van der Waals surface area contributed by atoms with Crippen LogP contribution in [0.4, 0.5) is 0 Å². The van der Waals surface area contributed by atoms with Crippen LogP contribution in [0.15, 0.2) is 70.7 Å². The molecule has 0 spiro atoms. The first-order chi connectivity index (χ1) is 18.3. The van der Waals surface area contributed by atoms with E-state index in [4.69, 9.17) is 0 Å². The number of carbonyl (C=O) groups excluding carboxylic acids is 1. The number of sulfonamides is 1. The van der Waals surface area contributed by atoms with Gasteiger partial charge in [0.1, 0.15) is 11.7 Å². The molecule has 1 fully saturated rings. The van der Waals surface area contributed by atoms with Gasteiger partial charge < -0.3 is 5.32 Å². The first kappa shape index (κ1) is 25.8. The second-order valence-corrected chi connectivity index (χ2v) is 11.4. The van der Waals surface area contributed by atoms with Crippen LogP contribution in [0.2, 0.25) is 0 Å². The Morgan fingerprint density at radius 3 is 2.50 bits per heavy atom. The van der Waals surface area contributed by atoms with Crippen LogP contribution in [0.25, 0.3) is 11.0 Å². The van der Waals surface area contributed by atoms with Crippen LogP contribution < -0.4 is 10.9 Å². The van der Waals surface area contributed by atoms with Gasteiger partial charge in [0.25, 0.3) is 11.5 Å². The Labute approximate surface area is 221 Å². The van der Waals surface area contributed by atoms with Crippen molar-refractivity contribution in [3.05, 3.63) is 88.1 Å². The average Bonchev–Trinajstić information content (AvgIpc) is 3.35. The van der Waals surface area contributed by atoms with E-state index >= 15 is 0 Å². The van der Waals surface area contributed by atoms with Gasteiger partial charge in [0.05, 0.1) is 24.2 Å². The Bertz CT molecular complexity index is 1620. The maximum absolute atomic E-state index is 13.0. The third kappa shape index (κ3) is 5.25. The van der Waals surface area contributed by atoms with Gasteiger partial charge in [-0.25, -0.2) is 18.1 Å². The highest BCUT2D eigenvalue weighted by atomic mass is 32.2. The minimum absolute atomic E-state index is 0.173. The number of carbonyl (C=O) groups is 1. The van der Waals surface area contributed by atoms with E-state index in [1.54, 1.807) is 9.25 Å². The van der Waals surface area contributed by atoms with Crippen LogP contribution >= 0.6 is 0 Å². The van der Waals surface area contributed by atoms with Gasteiger partial charge in [0, 0.05) is 25.2 Å². The lowest BCUT2D eigenvalue weighted by molar-refractivity contribution is 0.0952. The zero-order valence-electron chi connectivity index (χ0n) is 21.2. The van der Waals surface area contributed by atoms with E-state index < -0.39 is 10.0 Å². The molecule has 1 saturated heterocycles. The monoisotopic (exact) mass is 534 g/mol. The van der Waals surface area contributed by atoms with Gasteiger partial charge in [0.2, 0.25) is 10.0 Å². The highest BCUT2D eigenvalue weighted by Gasteiger charge is 2.26. The number of benzene rings is 2. The molecule has 0 bridgehead atoms. The largest absolute Gasteiger partial charge is 0.350 e. The minimum Gasteiger partial charge on any atom is -0.350 e. The van der Waals surface area contributed by atoms with Crippen molar-refractivity contribution in [3.63, 3.8) is 0 Å². The summed E-state index contributed by atoms with van der Waals surface area (Å²) in [5.41, 5.74) is 2.79. The van der Waals surface area contributed by atoms with Crippen LogP contribution in [-0.4, -0.2) is 57.6 Å². The van der Waals surface area contributed by atoms with Crippen molar-refractivity contribution in [3.8, 4) is 0 Å². The lowest BCUT2D eigenvalue weighted by Gasteiger charge is -2.25. The van der Waals surface area contributed by atoms with Gasteiger partial charge in [-0.15, -0.1) is 0 Å². The van der Waals surface area contributed by atoms with Crippen LogP contribution in [0.1, 0.15) is 40.7 Å². The number of rotatable bonds is 8. The van der Waals surface area contributed by atoms with Crippen LogP contribution in [-0.2, 0) is 23.1 Å². The number of piperidine rings is 1. The van der Waals surface area contributed by atoms with Crippen molar-refractivity contribution in [1.82, 2.24) is 29.0 Å². The zero-order chi connectivity index (χ0) is 26.7. The molecule has 2 aromatic carbocycles. The van der Waals surface area contributed by atoms with E-state index in [9.17, 15) is 18.0 Å². The SMILES string of the molecule is Cc1ccccc1Cn1cnc2c(cnn2CCNC(=O)c2ccc(S(=O)(=O)N3CCCCC3)cc2)c1=O. The molecule has 5 rings (SSSR count). The zero-order valence-corrected chi connectivity index (χ0v) is 22.0. The quantitative estimate of drug-likeness (QED) is 0.371. The fourth-order valence-corrected chi connectivity index (χ4v) is 6.17. The number of hydrogen-bond donors (Lipinski definition) is 1. The van der Waals surface area contributed by atoms with Crippen molar-refractivity contribution in [2.75, 3.05) is 19.6 Å². The summed E-state index contributed by atoms with van der Waals surface area (Å²) in [5, 5.41) is 7.53. The Morgan fingerprint density at radius 1 is 1.03 bits per heavy atom. The number of aromatic nitrogens is 4. The summed E-state index contributed by atoms with van der Waals surface area (Å²) in [6.07, 6.45) is 5.80. The van der Waals surface area contributed by atoms with Gasteiger partial charge in [-0.2, -0.15) is 9.40 Å². The summed E-state index contributed by atoms with van der Waals surface area (Å²) in [6, 6.07) is 13.9. The molecule has 4 aromatic rings. The van der Waals surface area contributed by atoms with Gasteiger partial charge in [-0.1, -0.05) is 30.7 Å². The normalized spacial score (nSPS) is 14.6. The molecule has 0 unspecified atom stereocenters. The van der Waals surface area contributed by atoms with Gasteiger partial charge in [-0.3, -0.25) is 14.2 Å². The summed E-state index contributed by atoms with van der Waals surface area (Å²) in [5.74, 6) is -0.322. The van der Waals surface area contributed by atoms with E-state index in [0.29, 0.717) is 42.8 Å². The molecule has 38 heavy (non-hydrogen) atoms. The van der Waals surface area contributed by atoms with Crippen molar-refractivity contribution in [2.45, 2.75) is 44.2 Å². The standard InChI is InChI=1S/C27H30N6O4S/c1-20-7-3-4-8-22(20)18-31-19-29-25-24(27(31)35)17-30-33(25)16-13-28-26(34)21-9-11-23(12-10-21)38(36,37)32-14-5-2-6-15-32/h3-4,7-12,17,19H,2,5-6,13-16,18H2,1H3,(H,28,34). The summed E-state index contributed by atoms with van der Waals surface area (Å²) < 4.78 is 30.3. The molecular formula is C27H30N6O4S. The molecule has 1 N–H and O–H groups in total. The fraction of sp³-hybridized carbons (Fsp3) is 0.333. The lowest BCUT2D eigenvalue weighted by Crippen LogP contribution is -2.35. The predicted molar refractivity (Wildman–Crippen MR) is 143 cm³/mol. The molecule has 198 valence electrons. The highest BCUT2D eigenvalue weighted by Crippen LogP contribution is 2.21. The number of fused-ring (bicyclic) bond motifs is 1. The van der Waals surface area contributed by atoms with E-state index in [1.165, 1.54) is 41.1 Å². The maximum Gasteiger partial charge on any atom is 0.264 e. The van der Waals surface area contributed by atoms with Crippen LogP contribution in [0.5, 0.6) is 0 Å². The molecule has 0 aliphatic carbocycles. The molecule has 10 nitrogen and oxygen atoms in total. The molecule has 1 amide bonds. The number of hydrogen-bond acceptors (Lipinski definition) is 6. The Morgan fingerprint density at radius 2 is 1.76 bits per heavy atom. The van der Waals surface area contributed by atoms with Gasteiger partial charge >= 0.3 is 0 Å². The van der Waals surface area contributed by atoms with Crippen molar-refractivity contribution >= 4 is 27.0 Å². The molecule has 3 heterocycles. The van der Waals surface area contributed by atoms with Crippen molar-refractivity contribution in [1.29, 1.82) is 0 Å². The van der Waals surface area contributed by atoms with Crippen LogP contribution in [0, 0.1) is 6.92 Å². The Hall–Kier alpha value is -3.83. The summed E-state index contributed by atoms with van der Waals surface area (Å²) in [7, 11) is -3.54. The van der Waals surface area contributed by atoms with Crippen molar-refractivity contribution in [2.24, 2.45) is 0 Å². The number of nitrogens with one attached hydrogen (secondary N) is 1. The first-order valence-corrected chi connectivity index (χ1v) is 14.1. The third-order valence-corrected chi connectivity index (χ3v) is 8.82. The first-order valence-electron chi connectivity index (χ1n) is 12.7. The van der Waals surface area contributed by atoms with Crippen molar-refractivity contribution < 1.29 is 13.2 Å².